The predicted octanol–water partition coefficient (Wildman–Crippen LogP) is 3.56. The van der Waals surface area contributed by atoms with Crippen LogP contribution in [0.4, 0.5) is 5.82 Å². The van der Waals surface area contributed by atoms with Crippen molar-refractivity contribution in [3.63, 3.8) is 0 Å². The summed E-state index contributed by atoms with van der Waals surface area (Å²) >= 11 is 0. The first-order chi connectivity index (χ1) is 12.8. The highest BCUT2D eigenvalue weighted by molar-refractivity contribution is 14.0. The molecule has 1 fully saturated rings. The van der Waals surface area contributed by atoms with Crippen LogP contribution in [0.5, 0.6) is 0 Å². The molecule has 1 aromatic rings. The third kappa shape index (κ3) is 9.60. The lowest BCUT2D eigenvalue weighted by Crippen LogP contribution is -2.38. The molecule has 154 valence electrons. The second-order valence-corrected chi connectivity index (χ2v) is 6.66. The number of aliphatic imine (C=N–C) groups is 1. The van der Waals surface area contributed by atoms with E-state index in [1.807, 2.05) is 6.20 Å². The van der Waals surface area contributed by atoms with E-state index in [1.54, 1.807) is 0 Å². The van der Waals surface area contributed by atoms with Crippen molar-refractivity contribution in [2.45, 2.75) is 52.5 Å². The van der Waals surface area contributed by atoms with Crippen molar-refractivity contribution in [1.29, 1.82) is 0 Å². The number of hydrogen-bond acceptors (Lipinski definition) is 4. The molecule has 0 bridgehead atoms. The molecule has 0 aromatic carbocycles. The molecule has 1 aromatic heterocycles. The number of nitrogens with zero attached hydrogens (tertiary/aromatic N) is 3. The molecule has 0 radical (unpaired) electrons. The van der Waals surface area contributed by atoms with Gasteiger partial charge in [0, 0.05) is 45.6 Å². The Labute approximate surface area is 181 Å². The summed E-state index contributed by atoms with van der Waals surface area (Å²) in [4.78, 5) is 11.6. The first-order valence-corrected chi connectivity index (χ1v) is 10.1. The number of hydrogen-bond donors (Lipinski definition) is 2. The van der Waals surface area contributed by atoms with Gasteiger partial charge in [-0.15, -0.1) is 24.0 Å². The second kappa shape index (κ2) is 14.9. The number of anilines is 1. The minimum absolute atomic E-state index is 0. The summed E-state index contributed by atoms with van der Waals surface area (Å²) in [6.07, 6.45) is 7.80. The van der Waals surface area contributed by atoms with Crippen LogP contribution in [0.2, 0.25) is 0 Å². The number of halogens is 1. The molecule has 2 heterocycles. The van der Waals surface area contributed by atoms with E-state index in [1.165, 1.54) is 19.3 Å². The van der Waals surface area contributed by atoms with Crippen LogP contribution in [0.15, 0.2) is 23.3 Å². The van der Waals surface area contributed by atoms with Crippen molar-refractivity contribution in [3.8, 4) is 0 Å². The van der Waals surface area contributed by atoms with Crippen LogP contribution in [0.1, 0.15) is 51.5 Å². The first-order valence-electron chi connectivity index (χ1n) is 10.1. The number of ether oxygens (including phenoxy) is 1. The van der Waals surface area contributed by atoms with Crippen molar-refractivity contribution in [1.82, 2.24) is 15.6 Å². The lowest BCUT2D eigenvalue weighted by atomic mass is 10.3. The van der Waals surface area contributed by atoms with Gasteiger partial charge in [-0.05, 0) is 44.2 Å². The van der Waals surface area contributed by atoms with Crippen molar-refractivity contribution in [2.24, 2.45) is 4.99 Å². The lowest BCUT2D eigenvalue weighted by molar-refractivity contribution is 0.129. The van der Waals surface area contributed by atoms with E-state index in [9.17, 15) is 0 Å². The molecule has 27 heavy (non-hydrogen) atoms. The summed E-state index contributed by atoms with van der Waals surface area (Å²) in [6.45, 7) is 10.5. The van der Waals surface area contributed by atoms with Crippen molar-refractivity contribution < 1.29 is 4.74 Å². The predicted molar refractivity (Wildman–Crippen MR) is 124 cm³/mol. The van der Waals surface area contributed by atoms with Crippen LogP contribution in [0.25, 0.3) is 0 Å². The van der Waals surface area contributed by atoms with E-state index >= 15 is 0 Å². The highest BCUT2D eigenvalue weighted by Crippen LogP contribution is 2.17. The minimum Gasteiger partial charge on any atom is -0.381 e. The molecule has 1 saturated heterocycles. The fraction of sp³-hybridized carbons (Fsp3) is 0.700. The topological polar surface area (TPSA) is 61.8 Å². The Kier molecular flexibility index (Phi) is 13.2. The molecule has 0 saturated carbocycles. The van der Waals surface area contributed by atoms with Gasteiger partial charge in [0.1, 0.15) is 5.82 Å². The second-order valence-electron chi connectivity index (χ2n) is 6.66. The first kappa shape index (κ1) is 23.9. The highest BCUT2D eigenvalue weighted by atomic mass is 127. The normalized spacial score (nSPS) is 14.1. The fourth-order valence-electron chi connectivity index (χ4n) is 2.89. The third-order valence-corrected chi connectivity index (χ3v) is 4.40. The molecule has 0 atom stereocenters. The summed E-state index contributed by atoms with van der Waals surface area (Å²) in [5, 5.41) is 6.66. The van der Waals surface area contributed by atoms with Crippen LogP contribution in [0, 0.1) is 0 Å². The number of nitrogens with one attached hydrogen (secondary N) is 2. The molecule has 1 aliphatic rings. The van der Waals surface area contributed by atoms with Gasteiger partial charge in [0.15, 0.2) is 5.96 Å². The number of aromatic nitrogens is 1. The van der Waals surface area contributed by atoms with E-state index in [-0.39, 0.29) is 24.0 Å². The zero-order chi connectivity index (χ0) is 18.5. The van der Waals surface area contributed by atoms with E-state index in [4.69, 9.17) is 4.74 Å². The Morgan fingerprint density at radius 1 is 1.15 bits per heavy atom. The molecule has 0 amide bonds. The van der Waals surface area contributed by atoms with Crippen molar-refractivity contribution in [2.75, 3.05) is 44.3 Å². The van der Waals surface area contributed by atoms with Gasteiger partial charge in [-0.1, -0.05) is 19.4 Å². The van der Waals surface area contributed by atoms with Gasteiger partial charge in [-0.3, -0.25) is 0 Å². The van der Waals surface area contributed by atoms with E-state index < -0.39 is 0 Å². The zero-order valence-corrected chi connectivity index (χ0v) is 19.2. The molecular formula is C20H36IN5O. The Morgan fingerprint density at radius 3 is 2.59 bits per heavy atom. The van der Waals surface area contributed by atoms with Crippen LogP contribution in [-0.2, 0) is 11.3 Å². The zero-order valence-electron chi connectivity index (χ0n) is 16.9. The molecule has 1 aliphatic heterocycles. The third-order valence-electron chi connectivity index (χ3n) is 4.40. The van der Waals surface area contributed by atoms with E-state index in [2.05, 4.69) is 51.5 Å². The van der Waals surface area contributed by atoms with Crippen LogP contribution in [-0.4, -0.2) is 50.3 Å². The van der Waals surface area contributed by atoms with Crippen LogP contribution in [0.3, 0.4) is 0 Å². The smallest absolute Gasteiger partial charge is 0.191 e. The molecule has 0 aliphatic carbocycles. The number of rotatable bonds is 11. The number of guanidine groups is 1. The molecular weight excluding hydrogens is 453 g/mol. The van der Waals surface area contributed by atoms with Crippen molar-refractivity contribution in [3.05, 3.63) is 23.9 Å². The molecule has 0 unspecified atom stereocenters. The van der Waals surface area contributed by atoms with Crippen LogP contribution >= 0.6 is 24.0 Å². The molecule has 2 N–H and O–H groups in total. The monoisotopic (exact) mass is 489 g/mol. The summed E-state index contributed by atoms with van der Waals surface area (Å²) in [6, 6.07) is 4.25. The Balaban J connectivity index is 0.00000364. The van der Waals surface area contributed by atoms with E-state index in [0.29, 0.717) is 6.54 Å². The largest absolute Gasteiger partial charge is 0.381 e. The SMILES string of the molecule is CCCCOCCCNC(=NCc1ccc(N2CCCC2)nc1)NCC.I. The average Bonchev–Trinajstić information content (AvgIpc) is 3.20. The number of unbranched alkanes of at least 4 members (excludes halogenated alkanes) is 1. The van der Waals surface area contributed by atoms with Gasteiger partial charge in [-0.2, -0.15) is 0 Å². The standard InChI is InChI=1S/C20H35N5O.HI/c1-3-5-14-26-15-8-11-22-20(21-4-2)24-17-18-9-10-19(23-16-18)25-12-6-7-13-25;/h9-10,16H,3-8,11-15,17H2,1-2H3,(H2,21,22,24);1H. The highest BCUT2D eigenvalue weighted by Gasteiger charge is 2.12. The Bertz CT molecular complexity index is 518. The Hall–Kier alpha value is -1.09. The van der Waals surface area contributed by atoms with Gasteiger partial charge in [-0.25, -0.2) is 9.98 Å². The fourth-order valence-corrected chi connectivity index (χ4v) is 2.89. The van der Waals surface area contributed by atoms with Gasteiger partial charge < -0.3 is 20.3 Å². The molecule has 2 rings (SSSR count). The summed E-state index contributed by atoms with van der Waals surface area (Å²) in [7, 11) is 0. The maximum Gasteiger partial charge on any atom is 0.191 e. The summed E-state index contributed by atoms with van der Waals surface area (Å²) in [5.41, 5.74) is 1.13. The van der Waals surface area contributed by atoms with Gasteiger partial charge in [0.2, 0.25) is 0 Å². The van der Waals surface area contributed by atoms with Crippen LogP contribution < -0.4 is 15.5 Å². The maximum atomic E-state index is 5.59. The summed E-state index contributed by atoms with van der Waals surface area (Å²) in [5.74, 6) is 1.94. The van der Waals surface area contributed by atoms with Gasteiger partial charge in [0.05, 0.1) is 6.54 Å². The van der Waals surface area contributed by atoms with Gasteiger partial charge >= 0.3 is 0 Å². The molecule has 7 heteroatoms. The van der Waals surface area contributed by atoms with E-state index in [0.717, 1.165) is 69.6 Å². The Morgan fingerprint density at radius 2 is 1.93 bits per heavy atom. The molecule has 6 nitrogen and oxygen atoms in total. The lowest BCUT2D eigenvalue weighted by Gasteiger charge is -2.16. The summed E-state index contributed by atoms with van der Waals surface area (Å²) < 4.78 is 5.59. The molecule has 0 spiro atoms. The number of pyridine rings is 1. The minimum atomic E-state index is 0. The van der Waals surface area contributed by atoms with Crippen molar-refractivity contribution >= 4 is 35.8 Å². The maximum absolute atomic E-state index is 5.59. The van der Waals surface area contributed by atoms with Gasteiger partial charge in [0.25, 0.3) is 0 Å². The quantitative estimate of drug-likeness (QED) is 0.216. The average molecular weight is 489 g/mol.